The maximum Gasteiger partial charge on any atom is 0.226 e. The normalized spacial score (nSPS) is 10.5. The monoisotopic (exact) mass is 348 g/mol. The molecule has 0 bridgehead atoms. The number of benzene rings is 1. The second-order valence-electron chi connectivity index (χ2n) is 5.97. The number of pyridine rings is 2. The number of carbonyl (C=O) groups is 2. The average molecular weight is 348 g/mol. The largest absolute Gasteiger partial charge is 0.338 e. The Morgan fingerprint density at radius 1 is 1.04 bits per heavy atom. The number of amides is 2. The van der Waals surface area contributed by atoms with Crippen molar-refractivity contribution in [3.05, 3.63) is 66.6 Å². The number of anilines is 1. The van der Waals surface area contributed by atoms with Crippen molar-refractivity contribution in [2.24, 2.45) is 0 Å². The number of para-hydroxylation sites is 1. The van der Waals surface area contributed by atoms with Crippen LogP contribution in [-0.4, -0.2) is 33.2 Å². The summed E-state index contributed by atoms with van der Waals surface area (Å²) in [5.41, 5.74) is 2.41. The molecular formula is C20H20N4O2. The summed E-state index contributed by atoms with van der Waals surface area (Å²) in [6, 6.07) is 13.2. The summed E-state index contributed by atoms with van der Waals surface area (Å²) >= 11 is 0. The molecule has 2 aromatic heterocycles. The van der Waals surface area contributed by atoms with E-state index in [1.807, 2.05) is 42.5 Å². The molecular weight excluding hydrogens is 328 g/mol. The topological polar surface area (TPSA) is 75.2 Å². The Hall–Kier alpha value is -3.28. The Bertz CT molecular complexity index is 907. The molecule has 2 heterocycles. The maximum atomic E-state index is 12.3. The van der Waals surface area contributed by atoms with Gasteiger partial charge in [0.15, 0.2) is 0 Å². The van der Waals surface area contributed by atoms with E-state index in [2.05, 4.69) is 15.3 Å². The Labute approximate surface area is 151 Å². The van der Waals surface area contributed by atoms with Gasteiger partial charge in [-0.25, -0.2) is 0 Å². The van der Waals surface area contributed by atoms with Gasteiger partial charge in [-0.3, -0.25) is 19.6 Å². The van der Waals surface area contributed by atoms with Crippen LogP contribution in [0.4, 0.5) is 5.69 Å². The van der Waals surface area contributed by atoms with Gasteiger partial charge in [-0.15, -0.1) is 0 Å². The van der Waals surface area contributed by atoms with Crippen LogP contribution in [-0.2, 0) is 16.1 Å². The summed E-state index contributed by atoms with van der Waals surface area (Å²) in [5, 5.41) is 3.86. The van der Waals surface area contributed by atoms with E-state index in [0.717, 1.165) is 16.5 Å². The van der Waals surface area contributed by atoms with Crippen molar-refractivity contribution in [1.29, 1.82) is 0 Å². The van der Waals surface area contributed by atoms with E-state index in [1.165, 1.54) is 6.92 Å². The predicted octanol–water partition coefficient (Wildman–Crippen LogP) is 3.01. The van der Waals surface area contributed by atoms with Gasteiger partial charge >= 0.3 is 0 Å². The predicted molar refractivity (Wildman–Crippen MR) is 100 cm³/mol. The summed E-state index contributed by atoms with van der Waals surface area (Å²) in [6.07, 6.45) is 5.29. The van der Waals surface area contributed by atoms with Crippen molar-refractivity contribution in [1.82, 2.24) is 14.9 Å². The van der Waals surface area contributed by atoms with Crippen LogP contribution >= 0.6 is 0 Å². The van der Waals surface area contributed by atoms with Gasteiger partial charge in [-0.2, -0.15) is 0 Å². The average Bonchev–Trinajstić information content (AvgIpc) is 2.66. The lowest BCUT2D eigenvalue weighted by Gasteiger charge is -2.21. The van der Waals surface area contributed by atoms with E-state index < -0.39 is 0 Å². The number of aromatic nitrogens is 2. The Morgan fingerprint density at radius 2 is 1.81 bits per heavy atom. The van der Waals surface area contributed by atoms with Gasteiger partial charge in [-0.05, 0) is 29.8 Å². The molecule has 6 heteroatoms. The highest BCUT2D eigenvalue weighted by atomic mass is 16.2. The molecule has 1 N–H and O–H groups in total. The molecule has 0 saturated heterocycles. The third-order valence-electron chi connectivity index (χ3n) is 4.08. The second-order valence-corrected chi connectivity index (χ2v) is 5.97. The molecule has 6 nitrogen and oxygen atoms in total. The molecule has 132 valence electrons. The zero-order valence-electron chi connectivity index (χ0n) is 14.6. The fourth-order valence-electron chi connectivity index (χ4n) is 2.71. The molecule has 0 saturated carbocycles. The number of nitrogens with zero attached hydrogens (tertiary/aromatic N) is 3. The first-order chi connectivity index (χ1) is 12.6. The molecule has 0 fully saturated rings. The van der Waals surface area contributed by atoms with Gasteiger partial charge in [0.1, 0.15) is 0 Å². The van der Waals surface area contributed by atoms with E-state index >= 15 is 0 Å². The van der Waals surface area contributed by atoms with Crippen molar-refractivity contribution in [3.8, 4) is 0 Å². The molecule has 0 unspecified atom stereocenters. The molecule has 0 aliphatic rings. The van der Waals surface area contributed by atoms with Gasteiger partial charge in [0, 0.05) is 50.4 Å². The number of hydrogen-bond acceptors (Lipinski definition) is 4. The number of carbonyl (C=O) groups excluding carboxylic acids is 2. The van der Waals surface area contributed by atoms with Crippen LogP contribution in [0.3, 0.4) is 0 Å². The summed E-state index contributed by atoms with van der Waals surface area (Å²) in [7, 11) is 0. The smallest absolute Gasteiger partial charge is 0.226 e. The molecule has 0 radical (unpaired) electrons. The van der Waals surface area contributed by atoms with E-state index in [0.29, 0.717) is 18.8 Å². The van der Waals surface area contributed by atoms with E-state index in [-0.39, 0.29) is 18.2 Å². The van der Waals surface area contributed by atoms with Crippen LogP contribution in [0.5, 0.6) is 0 Å². The lowest BCUT2D eigenvalue weighted by molar-refractivity contribution is -0.129. The molecule has 0 aliphatic heterocycles. The first-order valence-electron chi connectivity index (χ1n) is 8.41. The first kappa shape index (κ1) is 17.5. The molecule has 0 atom stereocenters. The SMILES string of the molecule is CC(=O)N(CCC(=O)Nc1cccc2cccnc12)Cc1ccncc1. The molecule has 2 amide bonds. The zero-order chi connectivity index (χ0) is 18.4. The zero-order valence-corrected chi connectivity index (χ0v) is 14.6. The lowest BCUT2D eigenvalue weighted by atomic mass is 10.2. The standard InChI is InChI=1S/C20H20N4O2/c1-15(25)24(14-16-7-11-21-12-8-16)13-9-19(26)23-18-6-2-4-17-5-3-10-22-20(17)18/h2-8,10-12H,9,13-14H2,1H3,(H,23,26). The van der Waals surface area contributed by atoms with Gasteiger partial charge in [0.25, 0.3) is 0 Å². The maximum absolute atomic E-state index is 12.3. The van der Waals surface area contributed by atoms with Gasteiger partial charge in [-0.1, -0.05) is 18.2 Å². The highest BCUT2D eigenvalue weighted by Gasteiger charge is 2.13. The van der Waals surface area contributed by atoms with Gasteiger partial charge in [0.05, 0.1) is 11.2 Å². The van der Waals surface area contributed by atoms with Gasteiger partial charge < -0.3 is 10.2 Å². The van der Waals surface area contributed by atoms with E-state index in [9.17, 15) is 9.59 Å². The summed E-state index contributed by atoms with van der Waals surface area (Å²) in [5.74, 6) is -0.217. The number of nitrogens with one attached hydrogen (secondary N) is 1. The quantitative estimate of drug-likeness (QED) is 0.743. The molecule has 0 spiro atoms. The van der Waals surface area contributed by atoms with Crippen molar-refractivity contribution in [2.45, 2.75) is 19.9 Å². The van der Waals surface area contributed by atoms with Crippen LogP contribution in [0.2, 0.25) is 0 Å². The summed E-state index contributed by atoms with van der Waals surface area (Å²) in [4.78, 5) is 34.2. The van der Waals surface area contributed by atoms with E-state index in [1.54, 1.807) is 23.5 Å². The number of rotatable bonds is 6. The fraction of sp³-hybridized carbons (Fsp3) is 0.200. The van der Waals surface area contributed by atoms with Crippen LogP contribution in [0, 0.1) is 0 Å². The fourth-order valence-corrected chi connectivity index (χ4v) is 2.71. The first-order valence-corrected chi connectivity index (χ1v) is 8.41. The number of fused-ring (bicyclic) bond motifs is 1. The summed E-state index contributed by atoms with van der Waals surface area (Å²) in [6.45, 7) is 2.32. The van der Waals surface area contributed by atoms with Crippen LogP contribution in [0.25, 0.3) is 10.9 Å². The van der Waals surface area contributed by atoms with Crippen molar-refractivity contribution >= 4 is 28.4 Å². The van der Waals surface area contributed by atoms with Crippen molar-refractivity contribution in [2.75, 3.05) is 11.9 Å². The molecule has 1 aromatic carbocycles. The lowest BCUT2D eigenvalue weighted by Crippen LogP contribution is -2.31. The second kappa shape index (κ2) is 8.20. The van der Waals surface area contributed by atoms with Crippen LogP contribution in [0.15, 0.2) is 61.1 Å². The third-order valence-corrected chi connectivity index (χ3v) is 4.08. The minimum absolute atomic E-state index is 0.0681. The van der Waals surface area contributed by atoms with Crippen molar-refractivity contribution in [3.63, 3.8) is 0 Å². The molecule has 3 aromatic rings. The molecule has 26 heavy (non-hydrogen) atoms. The Morgan fingerprint density at radius 3 is 2.58 bits per heavy atom. The highest BCUT2D eigenvalue weighted by molar-refractivity contribution is 6.00. The van der Waals surface area contributed by atoms with Crippen molar-refractivity contribution < 1.29 is 9.59 Å². The molecule has 3 rings (SSSR count). The molecule has 0 aliphatic carbocycles. The minimum atomic E-state index is -0.149. The number of hydrogen-bond donors (Lipinski definition) is 1. The van der Waals surface area contributed by atoms with E-state index in [4.69, 9.17) is 0 Å². The minimum Gasteiger partial charge on any atom is -0.338 e. The van der Waals surface area contributed by atoms with Gasteiger partial charge in [0.2, 0.25) is 11.8 Å². The van der Waals surface area contributed by atoms with Crippen LogP contribution in [0.1, 0.15) is 18.9 Å². The van der Waals surface area contributed by atoms with Crippen LogP contribution < -0.4 is 5.32 Å². The third kappa shape index (κ3) is 4.42. The Kier molecular flexibility index (Phi) is 5.53. The highest BCUT2D eigenvalue weighted by Crippen LogP contribution is 2.20. The summed E-state index contributed by atoms with van der Waals surface area (Å²) < 4.78 is 0. The Balaban J connectivity index is 1.62.